The van der Waals surface area contributed by atoms with Gasteiger partial charge in [0.2, 0.25) is 0 Å². The SMILES string of the molecule is CC(C)C(C(=N)N(N=N)C1CCCC1)N(Cc1ccccc1)Cc1ccco1. The Hall–Kier alpha value is -2.47. The van der Waals surface area contributed by atoms with Gasteiger partial charge in [-0.15, -0.1) is 0 Å². The molecule has 1 aromatic heterocycles. The number of hydrogen-bond acceptors (Lipinski definition) is 5. The van der Waals surface area contributed by atoms with E-state index in [1.807, 2.05) is 30.3 Å². The molecule has 28 heavy (non-hydrogen) atoms. The zero-order valence-electron chi connectivity index (χ0n) is 16.8. The molecular weight excluding hydrogens is 350 g/mol. The molecule has 150 valence electrons. The molecule has 2 aromatic rings. The average molecular weight is 382 g/mol. The molecular formula is C22H31N5O. The minimum absolute atomic E-state index is 0.153. The second kappa shape index (κ2) is 9.64. The first-order valence-electron chi connectivity index (χ1n) is 10.2. The molecule has 1 aliphatic rings. The number of furan rings is 1. The summed E-state index contributed by atoms with van der Waals surface area (Å²) in [6, 6.07) is 14.2. The Morgan fingerprint density at radius 3 is 2.39 bits per heavy atom. The van der Waals surface area contributed by atoms with Crippen LogP contribution in [0.1, 0.15) is 50.9 Å². The van der Waals surface area contributed by atoms with E-state index in [0.717, 1.165) is 31.4 Å². The van der Waals surface area contributed by atoms with Gasteiger partial charge in [0.25, 0.3) is 0 Å². The molecule has 0 radical (unpaired) electrons. The van der Waals surface area contributed by atoms with Crippen molar-refractivity contribution in [2.45, 2.75) is 64.7 Å². The molecule has 1 atom stereocenters. The number of nitrogens with one attached hydrogen (secondary N) is 2. The Balaban J connectivity index is 1.87. The Labute approximate surface area is 167 Å². The second-order valence-corrected chi connectivity index (χ2v) is 7.93. The van der Waals surface area contributed by atoms with Crippen LogP contribution in [0.15, 0.2) is 58.4 Å². The minimum Gasteiger partial charge on any atom is -0.468 e. The van der Waals surface area contributed by atoms with Gasteiger partial charge in [-0.05, 0) is 36.5 Å². The molecule has 0 bridgehead atoms. The Kier molecular flexibility index (Phi) is 6.98. The maximum absolute atomic E-state index is 8.96. The Morgan fingerprint density at radius 2 is 1.82 bits per heavy atom. The molecule has 3 rings (SSSR count). The molecule has 0 saturated heterocycles. The summed E-state index contributed by atoms with van der Waals surface area (Å²) in [5.74, 6) is 1.50. The maximum Gasteiger partial charge on any atom is 0.136 e. The molecule has 1 aromatic carbocycles. The smallest absolute Gasteiger partial charge is 0.136 e. The monoisotopic (exact) mass is 381 g/mol. The van der Waals surface area contributed by atoms with E-state index in [4.69, 9.17) is 15.4 Å². The quantitative estimate of drug-likeness (QED) is 0.261. The molecule has 1 unspecified atom stereocenters. The van der Waals surface area contributed by atoms with Gasteiger partial charge in [-0.2, -0.15) is 5.53 Å². The van der Waals surface area contributed by atoms with Crippen LogP contribution < -0.4 is 0 Å². The van der Waals surface area contributed by atoms with Gasteiger partial charge in [-0.25, -0.2) is 5.01 Å². The number of amidine groups is 1. The van der Waals surface area contributed by atoms with Crippen LogP contribution in [0.3, 0.4) is 0 Å². The van der Waals surface area contributed by atoms with Crippen LogP contribution >= 0.6 is 0 Å². The van der Waals surface area contributed by atoms with Crippen molar-refractivity contribution >= 4 is 5.84 Å². The summed E-state index contributed by atoms with van der Waals surface area (Å²) >= 11 is 0. The van der Waals surface area contributed by atoms with E-state index in [2.05, 4.69) is 36.1 Å². The van der Waals surface area contributed by atoms with Gasteiger partial charge in [0.1, 0.15) is 11.6 Å². The topological polar surface area (TPSA) is 79.7 Å². The van der Waals surface area contributed by atoms with E-state index in [1.54, 1.807) is 11.3 Å². The lowest BCUT2D eigenvalue weighted by Crippen LogP contribution is -2.51. The van der Waals surface area contributed by atoms with Crippen molar-refractivity contribution in [2.24, 2.45) is 11.1 Å². The lowest BCUT2D eigenvalue weighted by atomic mass is 9.98. The summed E-state index contributed by atoms with van der Waals surface area (Å²) in [4.78, 5) is 2.27. The maximum atomic E-state index is 8.96. The fraction of sp³-hybridized carbons (Fsp3) is 0.500. The van der Waals surface area contributed by atoms with Gasteiger partial charge in [0, 0.05) is 6.54 Å². The van der Waals surface area contributed by atoms with Crippen LogP contribution in [0.25, 0.3) is 0 Å². The van der Waals surface area contributed by atoms with Crippen LogP contribution in [0, 0.1) is 16.9 Å². The van der Waals surface area contributed by atoms with E-state index in [1.165, 1.54) is 5.56 Å². The second-order valence-electron chi connectivity index (χ2n) is 7.93. The minimum atomic E-state index is -0.153. The number of hydrogen-bond donors (Lipinski definition) is 2. The molecule has 6 heteroatoms. The first-order valence-corrected chi connectivity index (χ1v) is 10.2. The van der Waals surface area contributed by atoms with E-state index in [-0.39, 0.29) is 18.0 Å². The molecule has 1 fully saturated rings. The predicted molar refractivity (Wildman–Crippen MR) is 110 cm³/mol. The summed E-state index contributed by atoms with van der Waals surface area (Å²) in [5, 5.41) is 14.4. The summed E-state index contributed by atoms with van der Waals surface area (Å²) in [6.45, 7) is 5.60. The summed E-state index contributed by atoms with van der Waals surface area (Å²) in [7, 11) is 0. The van der Waals surface area contributed by atoms with Crippen molar-refractivity contribution in [1.29, 1.82) is 10.9 Å². The molecule has 2 N–H and O–H groups in total. The van der Waals surface area contributed by atoms with Gasteiger partial charge >= 0.3 is 0 Å². The molecule has 1 saturated carbocycles. The highest BCUT2D eigenvalue weighted by atomic mass is 16.3. The molecule has 0 aliphatic heterocycles. The van der Waals surface area contributed by atoms with Crippen LogP contribution in [0.5, 0.6) is 0 Å². The number of nitrogens with zero attached hydrogens (tertiary/aromatic N) is 3. The molecule has 0 spiro atoms. The van der Waals surface area contributed by atoms with Crippen molar-refractivity contribution < 1.29 is 4.42 Å². The number of benzene rings is 1. The third kappa shape index (κ3) is 4.87. The van der Waals surface area contributed by atoms with Crippen LogP contribution in [-0.2, 0) is 13.1 Å². The normalized spacial score (nSPS) is 15.9. The van der Waals surface area contributed by atoms with Crippen LogP contribution in [-0.4, -0.2) is 27.8 Å². The van der Waals surface area contributed by atoms with Crippen LogP contribution in [0.2, 0.25) is 0 Å². The van der Waals surface area contributed by atoms with Crippen molar-refractivity contribution in [1.82, 2.24) is 9.91 Å². The van der Waals surface area contributed by atoms with Gasteiger partial charge in [0.15, 0.2) is 0 Å². The fourth-order valence-electron chi connectivity index (χ4n) is 4.20. The summed E-state index contributed by atoms with van der Waals surface area (Å²) in [6.07, 6.45) is 6.00. The summed E-state index contributed by atoms with van der Waals surface area (Å²) < 4.78 is 5.61. The Bertz CT molecular complexity index is 738. The molecule has 6 nitrogen and oxygen atoms in total. The van der Waals surface area contributed by atoms with Crippen molar-refractivity contribution in [3.8, 4) is 0 Å². The van der Waals surface area contributed by atoms with Gasteiger partial charge < -0.3 is 4.42 Å². The van der Waals surface area contributed by atoms with E-state index in [0.29, 0.717) is 18.9 Å². The average Bonchev–Trinajstić information content (AvgIpc) is 3.37. The fourth-order valence-corrected chi connectivity index (χ4v) is 4.20. The lowest BCUT2D eigenvalue weighted by Gasteiger charge is -2.38. The molecule has 1 aliphatic carbocycles. The van der Waals surface area contributed by atoms with Gasteiger partial charge in [-0.3, -0.25) is 10.3 Å². The highest BCUT2D eigenvalue weighted by Gasteiger charge is 2.34. The Morgan fingerprint density at radius 1 is 1.11 bits per heavy atom. The molecule has 0 amide bonds. The zero-order chi connectivity index (χ0) is 19.9. The first kappa shape index (κ1) is 20.3. The number of rotatable bonds is 9. The van der Waals surface area contributed by atoms with Crippen molar-refractivity contribution in [3.05, 3.63) is 60.1 Å². The largest absolute Gasteiger partial charge is 0.468 e. The highest BCUT2D eigenvalue weighted by Crippen LogP contribution is 2.27. The predicted octanol–water partition coefficient (Wildman–Crippen LogP) is 5.47. The van der Waals surface area contributed by atoms with E-state index in [9.17, 15) is 0 Å². The van der Waals surface area contributed by atoms with Crippen LogP contribution in [0.4, 0.5) is 0 Å². The summed E-state index contributed by atoms with van der Waals surface area (Å²) in [5.41, 5.74) is 8.92. The highest BCUT2D eigenvalue weighted by molar-refractivity contribution is 5.84. The standard InChI is InChI=1S/C22H31N5O/c1-17(2)21(22(23)27(25-24)19-11-6-7-12-19)26(16-20-13-8-14-28-20)15-18-9-4-3-5-10-18/h3-5,8-10,13-14,17,19,21,23-24H,6-7,11-12,15-16H2,1-2H3. The van der Waals surface area contributed by atoms with Crippen molar-refractivity contribution in [2.75, 3.05) is 0 Å². The van der Waals surface area contributed by atoms with Crippen molar-refractivity contribution in [3.63, 3.8) is 0 Å². The third-order valence-corrected chi connectivity index (χ3v) is 5.50. The third-order valence-electron chi connectivity index (χ3n) is 5.50. The van der Waals surface area contributed by atoms with E-state index < -0.39 is 0 Å². The van der Waals surface area contributed by atoms with Gasteiger partial charge in [0.05, 0.1) is 24.9 Å². The lowest BCUT2D eigenvalue weighted by molar-refractivity contribution is 0.151. The first-order chi connectivity index (χ1) is 13.6. The van der Waals surface area contributed by atoms with E-state index >= 15 is 0 Å². The molecule has 1 heterocycles. The zero-order valence-corrected chi connectivity index (χ0v) is 16.8. The van der Waals surface area contributed by atoms with Gasteiger partial charge in [-0.1, -0.05) is 62.2 Å².